The van der Waals surface area contributed by atoms with Crippen LogP contribution in [-0.2, 0) is 18.4 Å². The smallest absolute Gasteiger partial charge is 0.0682 e. The molecule has 14 heavy (non-hydrogen) atoms. The van der Waals surface area contributed by atoms with Gasteiger partial charge in [0.2, 0.25) is 0 Å². The summed E-state index contributed by atoms with van der Waals surface area (Å²) in [6.07, 6.45) is 5.36. The van der Waals surface area contributed by atoms with Crippen molar-refractivity contribution in [2.45, 2.75) is 37.6 Å². The zero-order valence-electron chi connectivity index (χ0n) is 8.27. The fourth-order valence-corrected chi connectivity index (χ4v) is 3.44. The monoisotopic (exact) mass is 189 g/mol. The topological polar surface area (TPSA) is 40.7 Å². The minimum absolute atomic E-state index is 0.546. The zero-order valence-corrected chi connectivity index (χ0v) is 8.27. The van der Waals surface area contributed by atoms with E-state index >= 15 is 0 Å². The SMILES string of the molecule is C1Cc2n[nH]c(C34CC(C3)C4)c2CN1. The molecule has 0 radical (unpaired) electrons. The number of aromatic nitrogens is 2. The van der Waals surface area contributed by atoms with E-state index in [9.17, 15) is 0 Å². The number of aromatic amines is 1. The Morgan fingerprint density at radius 2 is 2.14 bits per heavy atom. The highest BCUT2D eigenvalue weighted by atomic mass is 15.1. The lowest BCUT2D eigenvalue weighted by atomic mass is 9.43. The fraction of sp³-hybridized carbons (Fsp3) is 0.727. The molecule has 3 saturated carbocycles. The van der Waals surface area contributed by atoms with Crippen LogP contribution in [0.25, 0.3) is 0 Å². The van der Waals surface area contributed by atoms with E-state index in [1.807, 2.05) is 0 Å². The predicted molar refractivity (Wildman–Crippen MR) is 53.0 cm³/mol. The van der Waals surface area contributed by atoms with Crippen LogP contribution in [0.5, 0.6) is 0 Å². The number of rotatable bonds is 1. The Balaban J connectivity index is 1.80. The van der Waals surface area contributed by atoms with Gasteiger partial charge in [0, 0.05) is 36.2 Å². The Morgan fingerprint density at radius 1 is 1.29 bits per heavy atom. The highest BCUT2D eigenvalue weighted by Crippen LogP contribution is 2.65. The molecule has 1 aliphatic heterocycles. The lowest BCUT2D eigenvalue weighted by Crippen LogP contribution is -2.56. The normalized spacial score (nSPS) is 38.4. The molecule has 3 fully saturated rings. The summed E-state index contributed by atoms with van der Waals surface area (Å²) in [6.45, 7) is 2.13. The lowest BCUT2D eigenvalue weighted by Gasteiger charge is -2.61. The number of H-pyrrole nitrogens is 1. The van der Waals surface area contributed by atoms with E-state index in [2.05, 4.69) is 15.5 Å². The summed E-state index contributed by atoms with van der Waals surface area (Å²) in [5.74, 6) is 1.05. The molecule has 0 unspecified atom stereocenters. The maximum atomic E-state index is 4.46. The van der Waals surface area contributed by atoms with Gasteiger partial charge in [-0.25, -0.2) is 0 Å². The molecular weight excluding hydrogens is 174 g/mol. The predicted octanol–water partition coefficient (Wildman–Crippen LogP) is 1.11. The van der Waals surface area contributed by atoms with Crippen molar-refractivity contribution < 1.29 is 0 Å². The van der Waals surface area contributed by atoms with E-state index in [0.29, 0.717) is 5.41 Å². The third kappa shape index (κ3) is 0.716. The first-order valence-corrected chi connectivity index (χ1v) is 5.65. The Kier molecular flexibility index (Phi) is 1.18. The molecule has 0 spiro atoms. The van der Waals surface area contributed by atoms with Crippen LogP contribution in [0.3, 0.4) is 0 Å². The van der Waals surface area contributed by atoms with Crippen molar-refractivity contribution in [1.29, 1.82) is 0 Å². The van der Waals surface area contributed by atoms with Crippen molar-refractivity contribution >= 4 is 0 Å². The van der Waals surface area contributed by atoms with E-state index in [4.69, 9.17) is 0 Å². The first-order valence-electron chi connectivity index (χ1n) is 5.65. The van der Waals surface area contributed by atoms with Gasteiger partial charge >= 0.3 is 0 Å². The molecule has 1 aromatic rings. The van der Waals surface area contributed by atoms with Crippen LogP contribution in [-0.4, -0.2) is 16.7 Å². The molecule has 74 valence electrons. The second kappa shape index (κ2) is 2.22. The second-order valence-electron chi connectivity index (χ2n) is 5.21. The number of fused-ring (bicyclic) bond motifs is 1. The van der Waals surface area contributed by atoms with Gasteiger partial charge in [-0.2, -0.15) is 5.10 Å². The summed E-state index contributed by atoms with van der Waals surface area (Å²) in [5, 5.41) is 11.2. The standard InChI is InChI=1S/C11H15N3/c1-2-12-6-8-9(1)13-14-10(8)11-3-7(4-11)5-11/h7,12H,1-6H2,(H,13,14). The van der Waals surface area contributed by atoms with E-state index in [1.165, 1.54) is 36.2 Å². The van der Waals surface area contributed by atoms with Crippen LogP contribution in [0.15, 0.2) is 0 Å². The van der Waals surface area contributed by atoms with Crippen LogP contribution < -0.4 is 5.32 Å². The Morgan fingerprint density at radius 3 is 2.86 bits per heavy atom. The molecular formula is C11H15N3. The van der Waals surface area contributed by atoms with Crippen molar-refractivity contribution in [3.8, 4) is 0 Å². The molecule has 4 aliphatic rings. The fourth-order valence-electron chi connectivity index (χ4n) is 3.44. The molecule has 0 aromatic carbocycles. The zero-order chi connectivity index (χ0) is 9.17. The summed E-state index contributed by atoms with van der Waals surface area (Å²) < 4.78 is 0. The van der Waals surface area contributed by atoms with Crippen LogP contribution in [0.1, 0.15) is 36.2 Å². The van der Waals surface area contributed by atoms with Gasteiger partial charge in [-0.1, -0.05) is 0 Å². The maximum absolute atomic E-state index is 4.46. The van der Waals surface area contributed by atoms with Crippen molar-refractivity contribution in [2.75, 3.05) is 6.54 Å². The molecule has 3 aliphatic carbocycles. The molecule has 2 N–H and O–H groups in total. The Labute approximate surface area is 83.3 Å². The van der Waals surface area contributed by atoms with Gasteiger partial charge in [0.1, 0.15) is 0 Å². The summed E-state index contributed by atoms with van der Waals surface area (Å²) in [7, 11) is 0. The maximum Gasteiger partial charge on any atom is 0.0682 e. The van der Waals surface area contributed by atoms with Gasteiger partial charge < -0.3 is 5.32 Å². The number of hydrogen-bond donors (Lipinski definition) is 2. The Bertz CT molecular complexity index is 376. The molecule has 2 bridgehead atoms. The third-order valence-electron chi connectivity index (χ3n) is 4.36. The average Bonchev–Trinajstić information content (AvgIpc) is 2.45. The van der Waals surface area contributed by atoms with Crippen molar-refractivity contribution in [2.24, 2.45) is 5.92 Å². The highest BCUT2D eigenvalue weighted by molar-refractivity contribution is 5.39. The Hall–Kier alpha value is -0.830. The van der Waals surface area contributed by atoms with Gasteiger partial charge in [-0.15, -0.1) is 0 Å². The molecule has 3 nitrogen and oxygen atoms in total. The average molecular weight is 189 g/mol. The van der Waals surface area contributed by atoms with E-state index in [-0.39, 0.29) is 0 Å². The molecule has 3 heteroatoms. The van der Waals surface area contributed by atoms with Crippen LogP contribution in [0.2, 0.25) is 0 Å². The van der Waals surface area contributed by atoms with Gasteiger partial charge in [0.05, 0.1) is 5.69 Å². The first kappa shape index (κ1) is 7.46. The molecule has 0 atom stereocenters. The first-order chi connectivity index (χ1) is 6.87. The van der Waals surface area contributed by atoms with Gasteiger partial charge in [0.25, 0.3) is 0 Å². The van der Waals surface area contributed by atoms with E-state index in [1.54, 1.807) is 0 Å². The van der Waals surface area contributed by atoms with E-state index < -0.39 is 0 Å². The summed E-state index contributed by atoms with van der Waals surface area (Å²) in [6, 6.07) is 0. The van der Waals surface area contributed by atoms with Crippen LogP contribution in [0, 0.1) is 5.92 Å². The van der Waals surface area contributed by atoms with Crippen molar-refractivity contribution in [3.63, 3.8) is 0 Å². The number of hydrogen-bond acceptors (Lipinski definition) is 2. The quantitative estimate of drug-likeness (QED) is 0.694. The number of nitrogens with one attached hydrogen (secondary N) is 2. The summed E-state index contributed by atoms with van der Waals surface area (Å²) >= 11 is 0. The third-order valence-corrected chi connectivity index (χ3v) is 4.36. The van der Waals surface area contributed by atoms with Gasteiger partial charge in [-0.05, 0) is 25.2 Å². The van der Waals surface area contributed by atoms with Crippen LogP contribution >= 0.6 is 0 Å². The number of nitrogens with zero attached hydrogens (tertiary/aromatic N) is 1. The summed E-state index contributed by atoms with van der Waals surface area (Å²) in [4.78, 5) is 0. The molecule has 1 aromatic heterocycles. The van der Waals surface area contributed by atoms with Crippen molar-refractivity contribution in [3.05, 3.63) is 17.0 Å². The lowest BCUT2D eigenvalue weighted by molar-refractivity contribution is -0.0316. The van der Waals surface area contributed by atoms with Crippen LogP contribution in [0.4, 0.5) is 0 Å². The van der Waals surface area contributed by atoms with Gasteiger partial charge in [-0.3, -0.25) is 5.10 Å². The molecule has 0 amide bonds. The molecule has 2 heterocycles. The van der Waals surface area contributed by atoms with Gasteiger partial charge in [0.15, 0.2) is 0 Å². The second-order valence-corrected chi connectivity index (χ2v) is 5.21. The minimum atomic E-state index is 0.546. The minimum Gasteiger partial charge on any atom is -0.312 e. The highest BCUT2D eigenvalue weighted by Gasteiger charge is 2.59. The largest absolute Gasteiger partial charge is 0.312 e. The van der Waals surface area contributed by atoms with Crippen molar-refractivity contribution in [1.82, 2.24) is 15.5 Å². The van der Waals surface area contributed by atoms with E-state index in [0.717, 1.165) is 25.4 Å². The summed E-state index contributed by atoms with van der Waals surface area (Å²) in [5.41, 5.74) is 4.84. The molecule has 5 rings (SSSR count). The molecule has 0 saturated heterocycles.